The maximum absolute atomic E-state index is 5.03. The number of aromatic nitrogens is 5. The van der Waals surface area contributed by atoms with Crippen molar-refractivity contribution in [3.05, 3.63) is 104 Å². The van der Waals surface area contributed by atoms with Crippen LogP contribution in [0.25, 0.3) is 65.8 Å². The highest BCUT2D eigenvalue weighted by molar-refractivity contribution is 6.21. The van der Waals surface area contributed by atoms with Gasteiger partial charge in [0.1, 0.15) is 5.65 Å². The first-order chi connectivity index (χ1) is 16.9. The summed E-state index contributed by atoms with van der Waals surface area (Å²) in [6.45, 7) is 0. The molecule has 0 aliphatic rings. The van der Waals surface area contributed by atoms with E-state index in [1.54, 1.807) is 6.20 Å². The predicted molar refractivity (Wildman–Crippen MR) is 138 cm³/mol. The fraction of sp³-hybridized carbons (Fsp3) is 0. The summed E-state index contributed by atoms with van der Waals surface area (Å²) in [6.07, 6.45) is 7.46. The molecule has 0 saturated heterocycles. The summed E-state index contributed by atoms with van der Waals surface area (Å²) in [5.74, 6) is 0. The van der Waals surface area contributed by atoms with Gasteiger partial charge >= 0.3 is 0 Å². The monoisotopic (exact) mass is 435 g/mol. The van der Waals surface area contributed by atoms with Gasteiger partial charge in [0.25, 0.3) is 0 Å². The van der Waals surface area contributed by atoms with Crippen molar-refractivity contribution < 1.29 is 0 Å². The van der Waals surface area contributed by atoms with Crippen LogP contribution in [0.4, 0.5) is 0 Å². The first-order valence-corrected chi connectivity index (χ1v) is 11.3. The van der Waals surface area contributed by atoms with Crippen molar-refractivity contribution in [2.75, 3.05) is 0 Å². The minimum atomic E-state index is 0.928. The van der Waals surface area contributed by atoms with E-state index in [9.17, 15) is 0 Å². The molecule has 0 bridgehead atoms. The van der Waals surface area contributed by atoms with Gasteiger partial charge in [-0.15, -0.1) is 0 Å². The Morgan fingerprint density at radius 3 is 2.21 bits per heavy atom. The summed E-state index contributed by atoms with van der Waals surface area (Å²) in [4.78, 5) is 13.8. The molecular weight excluding hydrogens is 418 g/mol. The Labute approximate surface area is 193 Å². The Kier molecular flexibility index (Phi) is 3.34. The minimum Gasteiger partial charge on any atom is -0.309 e. The SMILES string of the molecule is c1ccc(-n2c3ccccc3c3cc4c(cc32)c2ccncc2n2c3cnccc3nc42)cc1. The van der Waals surface area contributed by atoms with E-state index in [0.29, 0.717) is 0 Å². The molecule has 0 aliphatic carbocycles. The second-order valence-electron chi connectivity index (χ2n) is 8.63. The van der Waals surface area contributed by atoms with Gasteiger partial charge in [-0.1, -0.05) is 36.4 Å². The fourth-order valence-electron chi connectivity index (χ4n) is 5.42. The smallest absolute Gasteiger partial charge is 0.146 e. The van der Waals surface area contributed by atoms with Crippen molar-refractivity contribution in [3.63, 3.8) is 0 Å². The van der Waals surface area contributed by atoms with Crippen LogP contribution in [0.15, 0.2) is 104 Å². The quantitative estimate of drug-likeness (QED) is 0.270. The lowest BCUT2D eigenvalue weighted by Gasteiger charge is -2.11. The molecule has 0 amide bonds. The molecule has 0 spiro atoms. The largest absolute Gasteiger partial charge is 0.309 e. The van der Waals surface area contributed by atoms with Crippen LogP contribution in [-0.4, -0.2) is 23.9 Å². The molecule has 5 heterocycles. The Hall–Kier alpha value is -4.77. The summed E-state index contributed by atoms with van der Waals surface area (Å²) in [7, 11) is 0. The van der Waals surface area contributed by atoms with Gasteiger partial charge in [-0.3, -0.25) is 14.4 Å². The fourth-order valence-corrected chi connectivity index (χ4v) is 5.42. The zero-order chi connectivity index (χ0) is 22.2. The number of benzene rings is 3. The molecule has 158 valence electrons. The van der Waals surface area contributed by atoms with E-state index in [4.69, 9.17) is 4.98 Å². The Bertz CT molecular complexity index is 2070. The predicted octanol–water partition coefficient (Wildman–Crippen LogP) is 6.68. The van der Waals surface area contributed by atoms with Crippen molar-refractivity contribution in [2.45, 2.75) is 0 Å². The molecule has 0 N–H and O–H groups in total. The van der Waals surface area contributed by atoms with Crippen LogP contribution in [0.3, 0.4) is 0 Å². The highest BCUT2D eigenvalue weighted by atomic mass is 15.0. The summed E-state index contributed by atoms with van der Waals surface area (Å²) in [6, 6.07) is 27.9. The zero-order valence-corrected chi connectivity index (χ0v) is 18.1. The van der Waals surface area contributed by atoms with Crippen molar-refractivity contribution >= 4 is 60.2 Å². The second-order valence-corrected chi connectivity index (χ2v) is 8.63. The number of para-hydroxylation sites is 2. The molecule has 8 aromatic rings. The van der Waals surface area contributed by atoms with Crippen molar-refractivity contribution in [1.82, 2.24) is 23.9 Å². The lowest BCUT2D eigenvalue weighted by atomic mass is 10.0. The summed E-state index contributed by atoms with van der Waals surface area (Å²) in [5, 5.41) is 5.88. The third-order valence-corrected chi connectivity index (χ3v) is 6.86. The molecule has 0 fully saturated rings. The number of hydrogen-bond acceptors (Lipinski definition) is 3. The number of rotatable bonds is 1. The van der Waals surface area contributed by atoms with Gasteiger partial charge < -0.3 is 4.57 Å². The van der Waals surface area contributed by atoms with Crippen LogP contribution in [-0.2, 0) is 0 Å². The van der Waals surface area contributed by atoms with E-state index >= 15 is 0 Å². The number of hydrogen-bond donors (Lipinski definition) is 0. The lowest BCUT2D eigenvalue weighted by molar-refractivity contribution is 1.18. The van der Waals surface area contributed by atoms with Crippen LogP contribution < -0.4 is 0 Å². The van der Waals surface area contributed by atoms with Crippen LogP contribution in [0, 0.1) is 0 Å². The Morgan fingerprint density at radius 1 is 0.529 bits per heavy atom. The first kappa shape index (κ1) is 17.7. The molecule has 0 atom stereocenters. The molecule has 8 rings (SSSR count). The zero-order valence-electron chi connectivity index (χ0n) is 18.1. The average molecular weight is 435 g/mol. The molecule has 0 saturated carbocycles. The highest BCUT2D eigenvalue weighted by Crippen LogP contribution is 2.38. The number of nitrogens with zero attached hydrogens (tertiary/aromatic N) is 5. The van der Waals surface area contributed by atoms with Crippen LogP contribution in [0.1, 0.15) is 0 Å². The van der Waals surface area contributed by atoms with Crippen LogP contribution in [0.2, 0.25) is 0 Å². The van der Waals surface area contributed by atoms with E-state index in [1.165, 1.54) is 27.2 Å². The van der Waals surface area contributed by atoms with Gasteiger partial charge in [-0.05, 0) is 47.9 Å². The highest BCUT2D eigenvalue weighted by Gasteiger charge is 2.18. The van der Waals surface area contributed by atoms with Crippen molar-refractivity contribution in [2.24, 2.45) is 0 Å². The van der Waals surface area contributed by atoms with Gasteiger partial charge in [0.2, 0.25) is 0 Å². The minimum absolute atomic E-state index is 0.928. The maximum atomic E-state index is 5.03. The molecule has 5 heteroatoms. The van der Waals surface area contributed by atoms with E-state index in [0.717, 1.165) is 38.7 Å². The van der Waals surface area contributed by atoms with E-state index in [1.807, 2.05) is 24.7 Å². The Balaban J connectivity index is 1.67. The van der Waals surface area contributed by atoms with Gasteiger partial charge in [0.05, 0.1) is 40.0 Å². The topological polar surface area (TPSA) is 48.0 Å². The maximum Gasteiger partial charge on any atom is 0.146 e. The summed E-state index contributed by atoms with van der Waals surface area (Å²) in [5.41, 5.74) is 7.40. The molecule has 3 aromatic carbocycles. The normalized spacial score (nSPS) is 12.1. The molecule has 5 aromatic heterocycles. The van der Waals surface area contributed by atoms with Gasteiger partial charge in [-0.2, -0.15) is 0 Å². The molecule has 0 aliphatic heterocycles. The summed E-state index contributed by atoms with van der Waals surface area (Å²) >= 11 is 0. The first-order valence-electron chi connectivity index (χ1n) is 11.3. The van der Waals surface area contributed by atoms with E-state index < -0.39 is 0 Å². The molecule has 0 unspecified atom stereocenters. The third-order valence-electron chi connectivity index (χ3n) is 6.86. The summed E-state index contributed by atoms with van der Waals surface area (Å²) < 4.78 is 4.54. The van der Waals surface area contributed by atoms with Gasteiger partial charge in [-0.25, -0.2) is 4.98 Å². The lowest BCUT2D eigenvalue weighted by Crippen LogP contribution is -1.95. The average Bonchev–Trinajstić information content (AvgIpc) is 3.44. The molecule has 5 nitrogen and oxygen atoms in total. The number of pyridine rings is 3. The van der Waals surface area contributed by atoms with E-state index in [2.05, 4.69) is 91.7 Å². The van der Waals surface area contributed by atoms with E-state index in [-0.39, 0.29) is 0 Å². The van der Waals surface area contributed by atoms with Gasteiger partial charge in [0.15, 0.2) is 0 Å². The number of fused-ring (bicyclic) bond motifs is 11. The second kappa shape index (κ2) is 6.39. The van der Waals surface area contributed by atoms with Gasteiger partial charge in [0, 0.05) is 39.6 Å². The van der Waals surface area contributed by atoms with Crippen LogP contribution >= 0.6 is 0 Å². The molecular formula is C29H17N5. The molecule has 0 radical (unpaired) electrons. The standard InChI is InChI=1S/C29H17N5/c1-2-6-18(7-3-1)33-25-9-5-4-8-19(25)22-14-23-21(15-26(22)33)20-10-12-30-16-27(20)34-28-17-31-13-11-24(28)32-29(23)34/h1-17H. The number of imidazole rings is 1. The molecule has 34 heavy (non-hydrogen) atoms. The Morgan fingerprint density at radius 2 is 1.29 bits per heavy atom. The van der Waals surface area contributed by atoms with Crippen molar-refractivity contribution in [1.29, 1.82) is 0 Å². The third kappa shape index (κ3) is 2.20. The van der Waals surface area contributed by atoms with Crippen molar-refractivity contribution in [3.8, 4) is 5.69 Å². The van der Waals surface area contributed by atoms with Crippen LogP contribution in [0.5, 0.6) is 0 Å².